The molecule has 0 aliphatic heterocycles. The fraction of sp³-hybridized carbons (Fsp3) is 0.0667. The number of hydrogen-bond acceptors (Lipinski definition) is 5. The van der Waals surface area contributed by atoms with Gasteiger partial charge in [-0.1, -0.05) is 30.3 Å². The zero-order valence-corrected chi connectivity index (χ0v) is 11.1. The van der Waals surface area contributed by atoms with E-state index in [0.29, 0.717) is 12.4 Å². The molecule has 0 saturated carbocycles. The Kier molecular flexibility index (Phi) is 3.68. The number of rotatable bonds is 4. The van der Waals surface area contributed by atoms with Gasteiger partial charge in [-0.25, -0.2) is 0 Å². The molecular formula is C15H12N4O2. The van der Waals surface area contributed by atoms with Crippen molar-refractivity contribution in [3.05, 3.63) is 66.3 Å². The quantitative estimate of drug-likeness (QED) is 0.791. The highest BCUT2D eigenvalue weighted by Crippen LogP contribution is 2.16. The number of aromatic nitrogens is 3. The van der Waals surface area contributed by atoms with Gasteiger partial charge in [0.25, 0.3) is 0 Å². The van der Waals surface area contributed by atoms with Gasteiger partial charge in [-0.05, 0) is 17.7 Å². The highest BCUT2D eigenvalue weighted by Gasteiger charge is 2.15. The van der Waals surface area contributed by atoms with Gasteiger partial charge in [0, 0.05) is 24.5 Å². The summed E-state index contributed by atoms with van der Waals surface area (Å²) in [7, 11) is 0. The summed E-state index contributed by atoms with van der Waals surface area (Å²) in [5.74, 6) is -0.160. The van der Waals surface area contributed by atoms with E-state index in [1.165, 1.54) is 0 Å². The molecular weight excluding hydrogens is 268 g/mol. The molecule has 21 heavy (non-hydrogen) atoms. The SMILES string of the molecule is O=C(NCc1ccccc1)c1nnc(-c2ccncc2)o1. The molecule has 0 unspecified atom stereocenters. The summed E-state index contributed by atoms with van der Waals surface area (Å²) in [4.78, 5) is 15.8. The smallest absolute Gasteiger partial charge is 0.309 e. The largest absolute Gasteiger partial charge is 0.412 e. The van der Waals surface area contributed by atoms with Gasteiger partial charge < -0.3 is 9.73 Å². The van der Waals surface area contributed by atoms with Crippen molar-refractivity contribution in [1.82, 2.24) is 20.5 Å². The number of carbonyl (C=O) groups excluding carboxylic acids is 1. The van der Waals surface area contributed by atoms with Crippen molar-refractivity contribution < 1.29 is 9.21 Å². The van der Waals surface area contributed by atoms with E-state index in [1.54, 1.807) is 24.5 Å². The minimum Gasteiger partial charge on any atom is -0.412 e. The van der Waals surface area contributed by atoms with E-state index in [1.807, 2.05) is 30.3 Å². The molecule has 0 bridgehead atoms. The molecule has 0 aliphatic rings. The van der Waals surface area contributed by atoms with Crippen molar-refractivity contribution >= 4 is 5.91 Å². The first kappa shape index (κ1) is 13.0. The van der Waals surface area contributed by atoms with Gasteiger partial charge in [-0.2, -0.15) is 0 Å². The van der Waals surface area contributed by atoms with Crippen molar-refractivity contribution in [3.63, 3.8) is 0 Å². The molecule has 1 aromatic carbocycles. The molecule has 0 atom stereocenters. The molecule has 2 heterocycles. The molecule has 0 spiro atoms. The van der Waals surface area contributed by atoms with E-state index in [2.05, 4.69) is 20.5 Å². The van der Waals surface area contributed by atoms with Crippen LogP contribution >= 0.6 is 0 Å². The monoisotopic (exact) mass is 280 g/mol. The fourth-order valence-electron chi connectivity index (χ4n) is 1.78. The highest BCUT2D eigenvalue weighted by molar-refractivity contribution is 5.89. The minimum atomic E-state index is -0.397. The van der Waals surface area contributed by atoms with Gasteiger partial charge in [-0.3, -0.25) is 9.78 Å². The molecule has 6 heteroatoms. The van der Waals surface area contributed by atoms with Crippen molar-refractivity contribution in [2.45, 2.75) is 6.54 Å². The van der Waals surface area contributed by atoms with Crippen LogP contribution in [0.2, 0.25) is 0 Å². The predicted molar refractivity (Wildman–Crippen MR) is 75.1 cm³/mol. The maximum atomic E-state index is 11.9. The second-order valence-corrected chi connectivity index (χ2v) is 4.32. The third-order valence-electron chi connectivity index (χ3n) is 2.84. The van der Waals surface area contributed by atoms with Crippen LogP contribution in [0.4, 0.5) is 0 Å². The third-order valence-corrected chi connectivity index (χ3v) is 2.84. The molecule has 0 aliphatic carbocycles. The van der Waals surface area contributed by atoms with Crippen LogP contribution in [0.5, 0.6) is 0 Å². The Balaban J connectivity index is 1.67. The Labute approximate surface area is 120 Å². The molecule has 2 aromatic heterocycles. The summed E-state index contributed by atoms with van der Waals surface area (Å²) < 4.78 is 5.36. The number of pyridine rings is 1. The summed E-state index contributed by atoms with van der Waals surface area (Å²) in [5.41, 5.74) is 1.72. The highest BCUT2D eigenvalue weighted by atomic mass is 16.4. The maximum Gasteiger partial charge on any atom is 0.309 e. The molecule has 0 radical (unpaired) electrons. The van der Waals surface area contributed by atoms with E-state index in [9.17, 15) is 4.79 Å². The molecule has 0 saturated heterocycles. The molecule has 1 N–H and O–H groups in total. The molecule has 3 aromatic rings. The molecule has 3 rings (SSSR count). The summed E-state index contributed by atoms with van der Waals surface area (Å²) in [6, 6.07) is 13.1. The second kappa shape index (κ2) is 5.96. The standard InChI is InChI=1S/C15H12N4O2/c20-13(17-10-11-4-2-1-3-5-11)15-19-18-14(21-15)12-6-8-16-9-7-12/h1-9H,10H2,(H,17,20). The van der Waals surface area contributed by atoms with E-state index >= 15 is 0 Å². The Hall–Kier alpha value is -3.02. The topological polar surface area (TPSA) is 80.9 Å². The van der Waals surface area contributed by atoms with Crippen molar-refractivity contribution in [2.75, 3.05) is 0 Å². The lowest BCUT2D eigenvalue weighted by Gasteiger charge is -2.01. The predicted octanol–water partition coefficient (Wildman–Crippen LogP) is 2.06. The molecule has 1 amide bonds. The van der Waals surface area contributed by atoms with E-state index < -0.39 is 5.91 Å². The molecule has 0 fully saturated rings. The van der Waals surface area contributed by atoms with Crippen LogP contribution in [0.15, 0.2) is 59.3 Å². The Morgan fingerprint density at radius 1 is 1.05 bits per heavy atom. The number of carbonyl (C=O) groups is 1. The minimum absolute atomic E-state index is 0.0576. The van der Waals surface area contributed by atoms with Crippen LogP contribution in [0, 0.1) is 0 Å². The number of benzene rings is 1. The zero-order valence-electron chi connectivity index (χ0n) is 11.1. The normalized spacial score (nSPS) is 10.3. The van der Waals surface area contributed by atoms with Gasteiger partial charge in [0.1, 0.15) is 0 Å². The first-order valence-corrected chi connectivity index (χ1v) is 6.39. The van der Waals surface area contributed by atoms with E-state index in [4.69, 9.17) is 4.42 Å². The maximum absolute atomic E-state index is 11.9. The third kappa shape index (κ3) is 3.11. The first-order valence-electron chi connectivity index (χ1n) is 6.39. The summed E-state index contributed by atoms with van der Waals surface area (Å²) in [6.07, 6.45) is 3.24. The summed E-state index contributed by atoms with van der Waals surface area (Å²) >= 11 is 0. The van der Waals surface area contributed by atoms with E-state index in [0.717, 1.165) is 11.1 Å². The second-order valence-electron chi connectivity index (χ2n) is 4.32. The van der Waals surface area contributed by atoms with E-state index in [-0.39, 0.29) is 5.89 Å². The van der Waals surface area contributed by atoms with Crippen LogP contribution < -0.4 is 5.32 Å². The first-order chi connectivity index (χ1) is 10.3. The van der Waals surface area contributed by atoms with Gasteiger partial charge in [0.15, 0.2) is 0 Å². The van der Waals surface area contributed by atoms with Crippen LogP contribution in [0.25, 0.3) is 11.5 Å². The number of hydrogen-bond donors (Lipinski definition) is 1. The lowest BCUT2D eigenvalue weighted by atomic mass is 10.2. The van der Waals surface area contributed by atoms with Gasteiger partial charge in [0.05, 0.1) is 0 Å². The Morgan fingerprint density at radius 2 is 1.81 bits per heavy atom. The van der Waals surface area contributed by atoms with Gasteiger partial charge in [-0.15, -0.1) is 10.2 Å². The van der Waals surface area contributed by atoms with Crippen LogP contribution in [0.1, 0.15) is 16.2 Å². The fourth-order valence-corrected chi connectivity index (χ4v) is 1.78. The molecule has 6 nitrogen and oxygen atoms in total. The van der Waals surface area contributed by atoms with Crippen molar-refractivity contribution in [2.24, 2.45) is 0 Å². The van der Waals surface area contributed by atoms with Gasteiger partial charge >= 0.3 is 11.8 Å². The lowest BCUT2D eigenvalue weighted by molar-refractivity contribution is 0.0917. The summed E-state index contributed by atoms with van der Waals surface area (Å²) in [5, 5.41) is 10.3. The van der Waals surface area contributed by atoms with Gasteiger partial charge in [0.2, 0.25) is 5.89 Å². The lowest BCUT2D eigenvalue weighted by Crippen LogP contribution is -2.23. The van der Waals surface area contributed by atoms with Crippen LogP contribution in [0.3, 0.4) is 0 Å². The van der Waals surface area contributed by atoms with Crippen molar-refractivity contribution in [3.8, 4) is 11.5 Å². The number of amides is 1. The Morgan fingerprint density at radius 3 is 2.57 bits per heavy atom. The van der Waals surface area contributed by atoms with Crippen molar-refractivity contribution in [1.29, 1.82) is 0 Å². The average molecular weight is 280 g/mol. The zero-order chi connectivity index (χ0) is 14.5. The Bertz CT molecular complexity index is 726. The number of nitrogens with one attached hydrogen (secondary N) is 1. The average Bonchev–Trinajstić information content (AvgIpc) is 3.04. The van der Waals surface area contributed by atoms with Crippen LogP contribution in [-0.2, 0) is 6.54 Å². The number of nitrogens with zero attached hydrogens (tertiary/aromatic N) is 3. The van der Waals surface area contributed by atoms with Crippen LogP contribution in [-0.4, -0.2) is 21.1 Å². The summed E-state index contributed by atoms with van der Waals surface area (Å²) in [6.45, 7) is 0.409. The molecule has 104 valence electrons.